The molecule has 22 N–H and O–H groups in total. The molecule has 6 rings (SSSR count). The molecule has 0 aliphatic carbocycles. The molecular formula is C57H80N20O17S2. The average molecular weight is 1380 g/mol. The predicted molar refractivity (Wildman–Crippen MR) is 343 cm³/mol. The van der Waals surface area contributed by atoms with Crippen LogP contribution in [0.5, 0.6) is 0 Å². The number of guanidine groups is 1. The fourth-order valence-electron chi connectivity index (χ4n) is 10.2. The number of carbonyl (C=O) groups excluding carboxylic acids is 14. The number of aromatic nitrogens is 3. The number of nitrogens with zero attached hydrogens (tertiary/aromatic N) is 3. The van der Waals surface area contributed by atoms with Crippen LogP contribution >= 0.6 is 21.6 Å². The molecule has 0 spiro atoms. The Balaban J connectivity index is 1.39. The normalized spacial score (nSPS) is 26.6. The van der Waals surface area contributed by atoms with Crippen LogP contribution in [-0.2, 0) is 84.8 Å². The zero-order valence-electron chi connectivity index (χ0n) is 52.5. The van der Waals surface area contributed by atoms with Crippen LogP contribution in [0.25, 0.3) is 10.9 Å². The number of primary amides is 1. The summed E-state index contributed by atoms with van der Waals surface area (Å²) in [6.07, 6.45) is 1.47. The van der Waals surface area contributed by atoms with E-state index in [1.165, 1.54) is 38.2 Å². The van der Waals surface area contributed by atoms with E-state index in [0.717, 1.165) is 21.6 Å². The summed E-state index contributed by atoms with van der Waals surface area (Å²) in [5, 5.41) is 50.3. The van der Waals surface area contributed by atoms with Crippen LogP contribution in [0.3, 0.4) is 0 Å². The number of hydrogen-bond donors (Lipinski definition) is 19. The van der Waals surface area contributed by atoms with Crippen LogP contribution in [-0.4, -0.2) is 235 Å². The minimum absolute atomic E-state index is 0.0253. The Hall–Kier alpha value is -10.1. The summed E-state index contributed by atoms with van der Waals surface area (Å²) in [5.74, 6) is -16.9. The van der Waals surface area contributed by atoms with E-state index in [9.17, 15) is 82.1 Å². The van der Waals surface area contributed by atoms with Crippen molar-refractivity contribution in [3.8, 4) is 0 Å². The van der Waals surface area contributed by atoms with Gasteiger partial charge in [-0.15, -0.1) is 0 Å². The maximum Gasteiger partial charge on any atom is 0.303 e. The van der Waals surface area contributed by atoms with Gasteiger partial charge in [-0.25, -0.2) is 4.98 Å². The number of H-pyrrole nitrogens is 2. The van der Waals surface area contributed by atoms with Gasteiger partial charge < -0.3 is 106 Å². The van der Waals surface area contributed by atoms with Crippen LogP contribution < -0.4 is 81.0 Å². The Labute approximate surface area is 556 Å². The Kier molecular flexibility index (Phi) is 28.1. The minimum Gasteiger partial charge on any atom is -0.481 e. The van der Waals surface area contributed by atoms with E-state index in [4.69, 9.17) is 17.2 Å². The molecule has 39 heteroatoms. The number of aliphatic hydroxyl groups excluding tert-OH is 1. The number of aromatic amines is 2. The number of carboxylic acid groups (broad SMARTS) is 1. The van der Waals surface area contributed by atoms with E-state index >= 15 is 0 Å². The summed E-state index contributed by atoms with van der Waals surface area (Å²) >= 11 is 0. The zero-order chi connectivity index (χ0) is 70.3. The lowest BCUT2D eigenvalue weighted by atomic mass is 10.0. The van der Waals surface area contributed by atoms with Gasteiger partial charge in [0.2, 0.25) is 82.7 Å². The van der Waals surface area contributed by atoms with E-state index in [-0.39, 0.29) is 56.8 Å². The Morgan fingerprint density at radius 2 is 1.17 bits per heavy atom. The SMILES string of the molecule is C[C@@H]1NC(=O)[C@@H]2CSSC[C@H](NC(=O)CNC(=O)[C@H](CCCN=C(N)N)NC(=O)[C@H](Cc3c[nH]c4ccccc34)NC(=O)[C@H](CO)NC(=O)[C@H](C)NC(=O)[C@@H]3CCCN3C(=O)[C@H](C)NC1=O)C(=O)N[C@@H](CCC(=O)O)C(=O)N[C@@H](CC(N)=O)C(=O)N[C@@H](Cc1cnc[nH]1)C(=O)N2. The summed E-state index contributed by atoms with van der Waals surface area (Å²) in [6, 6.07) is -12.0. The molecule has 5 heterocycles. The molecule has 0 unspecified atom stereocenters. The van der Waals surface area contributed by atoms with Gasteiger partial charge in [0.15, 0.2) is 5.96 Å². The van der Waals surface area contributed by atoms with Crippen LogP contribution in [0.4, 0.5) is 0 Å². The molecule has 3 aliphatic heterocycles. The van der Waals surface area contributed by atoms with Crippen molar-refractivity contribution in [1.29, 1.82) is 0 Å². The molecule has 3 aliphatic rings. The van der Waals surface area contributed by atoms with Gasteiger partial charge in [-0.1, -0.05) is 39.8 Å². The summed E-state index contributed by atoms with van der Waals surface area (Å²) in [6.45, 7) is 1.86. The number of hydrogen-bond acceptors (Lipinski definition) is 20. The smallest absolute Gasteiger partial charge is 0.303 e. The zero-order valence-corrected chi connectivity index (χ0v) is 54.1. The largest absolute Gasteiger partial charge is 0.481 e. The van der Waals surface area contributed by atoms with Gasteiger partial charge >= 0.3 is 5.97 Å². The summed E-state index contributed by atoms with van der Waals surface area (Å²) in [5.41, 5.74) is 18.0. The molecule has 2 bridgehead atoms. The van der Waals surface area contributed by atoms with Crippen molar-refractivity contribution in [1.82, 2.24) is 83.7 Å². The third-order valence-corrected chi connectivity index (χ3v) is 17.8. The third-order valence-electron chi connectivity index (χ3n) is 15.4. The molecule has 3 fully saturated rings. The lowest BCUT2D eigenvalue weighted by molar-refractivity contribution is -0.142. The quantitative estimate of drug-likeness (QED) is 0.0308. The number of aliphatic carboxylic acids is 1. The number of amides is 14. The van der Waals surface area contributed by atoms with Gasteiger partial charge in [-0.2, -0.15) is 0 Å². The van der Waals surface area contributed by atoms with Gasteiger partial charge in [0.25, 0.3) is 0 Å². The number of rotatable bonds is 14. The number of nitrogens with two attached hydrogens (primary N) is 3. The first-order valence-corrected chi connectivity index (χ1v) is 33.0. The fourth-order valence-corrected chi connectivity index (χ4v) is 12.6. The Morgan fingerprint density at radius 3 is 1.82 bits per heavy atom. The molecule has 0 radical (unpaired) electrons. The van der Waals surface area contributed by atoms with Gasteiger partial charge in [0.05, 0.1) is 25.9 Å². The highest BCUT2D eigenvalue weighted by Crippen LogP contribution is 2.25. The van der Waals surface area contributed by atoms with Crippen molar-refractivity contribution in [2.75, 3.05) is 37.7 Å². The van der Waals surface area contributed by atoms with E-state index < -0.39 is 205 Å². The molecule has 3 saturated heterocycles. The molecule has 14 amide bonds. The molecule has 3 aromatic rings. The van der Waals surface area contributed by atoms with E-state index in [2.05, 4.69) is 83.7 Å². The van der Waals surface area contributed by atoms with Crippen molar-refractivity contribution in [2.24, 2.45) is 22.2 Å². The number of carboxylic acids is 1. The lowest BCUT2D eigenvalue weighted by Gasteiger charge is -2.29. The highest BCUT2D eigenvalue weighted by Gasteiger charge is 2.40. The molecular weight excluding hydrogens is 1300 g/mol. The second-order valence-corrected chi connectivity index (χ2v) is 25.3. The van der Waals surface area contributed by atoms with E-state index in [0.29, 0.717) is 22.9 Å². The standard InChI is InChI=1S/C57H80N20O17S2/c1-26-45(83)68-28(3)56(94)77-15-7-11-41(77)55(93)67-27(2)46(84)75-38(22-78)52(90)72-35(16-29-19-63-32-9-5-4-8-31(29)32)49(87)70-33(10-6-14-62-57(59)60)47(85)64-21-43(80)69-39-23-95-96-24-40(53(91)66-26)76-50(88)36(17-30-20-61-25-65-30)73-51(89)37(18-42(58)79)74-48(86)34(71-54(39)92)12-13-44(81)82/h4-5,8-9,19-20,25-28,33-41,63,78H,6-7,10-18,21-24H2,1-3H3,(H2,58,79)(H,61,65)(H,64,85)(H,66,91)(H,67,93)(H,68,83)(H,69,80)(H,70,87)(H,71,92)(H,72,90)(H,73,89)(H,74,86)(H,75,84)(H,76,88)(H,81,82)(H4,59,60,62)/t26-,27-,28-,33-,34-,35-,36-,37-,38-,39-,40-,41-/m0/s1. The average Bonchev–Trinajstić information content (AvgIpc) is 1.64. The molecule has 522 valence electrons. The number of carbonyl (C=O) groups is 15. The van der Waals surface area contributed by atoms with Crippen molar-refractivity contribution >= 4 is 127 Å². The molecule has 2 aromatic heterocycles. The molecule has 96 heavy (non-hydrogen) atoms. The maximum absolute atomic E-state index is 14.6. The van der Waals surface area contributed by atoms with E-state index in [1.807, 2.05) is 0 Å². The van der Waals surface area contributed by atoms with Crippen LogP contribution in [0.2, 0.25) is 0 Å². The minimum atomic E-state index is -1.90. The molecule has 12 atom stereocenters. The molecule has 37 nitrogen and oxygen atoms in total. The van der Waals surface area contributed by atoms with E-state index in [1.54, 1.807) is 30.5 Å². The van der Waals surface area contributed by atoms with Crippen LogP contribution in [0.1, 0.15) is 77.0 Å². The number of aliphatic imine (C=N–C) groups is 1. The van der Waals surface area contributed by atoms with Crippen molar-refractivity contribution in [2.45, 2.75) is 151 Å². The van der Waals surface area contributed by atoms with Crippen LogP contribution in [0, 0.1) is 0 Å². The first-order valence-electron chi connectivity index (χ1n) is 30.5. The third kappa shape index (κ3) is 22.3. The highest BCUT2D eigenvalue weighted by atomic mass is 33.1. The number of aliphatic hydroxyl groups is 1. The van der Waals surface area contributed by atoms with Gasteiger partial charge in [-0.05, 0) is 64.5 Å². The van der Waals surface area contributed by atoms with Gasteiger partial charge in [0.1, 0.15) is 72.5 Å². The number of para-hydroxylation sites is 1. The molecule has 1 aromatic carbocycles. The highest BCUT2D eigenvalue weighted by molar-refractivity contribution is 8.76. The fraction of sp³-hybridized carbons (Fsp3) is 0.526. The summed E-state index contributed by atoms with van der Waals surface area (Å²) in [4.78, 5) is 223. The van der Waals surface area contributed by atoms with Crippen molar-refractivity contribution < 1.29 is 82.1 Å². The van der Waals surface area contributed by atoms with Crippen molar-refractivity contribution in [3.63, 3.8) is 0 Å². The first-order chi connectivity index (χ1) is 45.6. The second-order valence-electron chi connectivity index (χ2n) is 22.8. The first kappa shape index (κ1) is 75.0. The van der Waals surface area contributed by atoms with Crippen molar-refractivity contribution in [3.05, 3.63) is 54.2 Å². The maximum atomic E-state index is 14.6. The summed E-state index contributed by atoms with van der Waals surface area (Å²) < 4.78 is 0. The number of imidazole rings is 1. The number of nitrogens with one attached hydrogen (secondary N) is 14. The van der Waals surface area contributed by atoms with Gasteiger partial charge in [-0.3, -0.25) is 76.9 Å². The Morgan fingerprint density at radius 1 is 0.615 bits per heavy atom. The number of benzene rings is 1. The Bertz CT molecular complexity index is 3400. The molecule has 0 saturated carbocycles. The lowest BCUT2D eigenvalue weighted by Crippen LogP contribution is -2.61. The predicted octanol–water partition coefficient (Wildman–Crippen LogP) is -7.63. The van der Waals surface area contributed by atoms with Gasteiger partial charge in [0, 0.05) is 72.8 Å². The van der Waals surface area contributed by atoms with Crippen LogP contribution in [0.15, 0.2) is 48.0 Å². The number of fused-ring (bicyclic) bond motifs is 7. The second kappa shape index (κ2) is 36.0. The monoisotopic (exact) mass is 1380 g/mol. The topological polar surface area (TPSA) is 579 Å². The summed E-state index contributed by atoms with van der Waals surface area (Å²) in [7, 11) is 1.66.